The molecule has 7 nitrogen and oxygen atoms in total. The number of anilines is 2. The van der Waals surface area contributed by atoms with E-state index in [2.05, 4.69) is 15.5 Å². The lowest BCUT2D eigenvalue weighted by molar-refractivity contribution is 0.0880. The quantitative estimate of drug-likeness (QED) is 0.701. The van der Waals surface area contributed by atoms with E-state index in [4.69, 9.17) is 9.47 Å². The fraction of sp³-hybridized carbons (Fsp3) is 0.364. The highest BCUT2D eigenvalue weighted by atomic mass is 16.5. The molecular weight excluding hydrogens is 370 g/mol. The summed E-state index contributed by atoms with van der Waals surface area (Å²) in [5.41, 5.74) is 1.97. The van der Waals surface area contributed by atoms with E-state index in [0.717, 1.165) is 25.4 Å². The number of methoxy groups -OCH3 is 1. The molecule has 2 amide bonds. The van der Waals surface area contributed by atoms with E-state index in [1.807, 2.05) is 18.2 Å². The molecule has 0 aliphatic carbocycles. The zero-order valence-corrected chi connectivity index (χ0v) is 16.5. The molecule has 152 valence electrons. The number of likely N-dealkylation sites (tertiary alicyclic amines) is 1. The molecule has 0 spiro atoms. The van der Waals surface area contributed by atoms with Crippen molar-refractivity contribution >= 4 is 23.2 Å². The van der Waals surface area contributed by atoms with Gasteiger partial charge in [-0.1, -0.05) is 12.5 Å². The Bertz CT molecular complexity index is 922. The first kappa shape index (κ1) is 19.3. The van der Waals surface area contributed by atoms with E-state index < -0.39 is 5.91 Å². The molecule has 2 N–H and O–H groups in total. The molecule has 2 aliphatic heterocycles. The zero-order chi connectivity index (χ0) is 20.2. The van der Waals surface area contributed by atoms with Crippen LogP contribution in [0.15, 0.2) is 36.4 Å². The summed E-state index contributed by atoms with van der Waals surface area (Å²) >= 11 is 0. The number of fused-ring (bicyclic) bond motifs is 1. The molecule has 0 bridgehead atoms. The monoisotopic (exact) mass is 395 g/mol. The Kier molecular flexibility index (Phi) is 5.67. The SMILES string of the molecule is COc1cc(OCCN2CCCCC2)ccc1Nc1cccc2c1C(=O)NC2=O. The van der Waals surface area contributed by atoms with Crippen LogP contribution in [-0.4, -0.2) is 50.1 Å². The molecule has 2 heterocycles. The minimum atomic E-state index is -0.398. The van der Waals surface area contributed by atoms with Gasteiger partial charge >= 0.3 is 0 Å². The Hall–Kier alpha value is -3.06. The number of hydrogen-bond donors (Lipinski definition) is 2. The van der Waals surface area contributed by atoms with E-state index in [9.17, 15) is 9.59 Å². The minimum absolute atomic E-state index is 0.349. The maximum absolute atomic E-state index is 12.1. The number of nitrogens with one attached hydrogen (secondary N) is 2. The molecule has 0 saturated carbocycles. The predicted molar refractivity (Wildman–Crippen MR) is 110 cm³/mol. The van der Waals surface area contributed by atoms with Crippen LogP contribution in [0.25, 0.3) is 0 Å². The summed E-state index contributed by atoms with van der Waals surface area (Å²) in [7, 11) is 1.59. The number of rotatable bonds is 7. The maximum atomic E-state index is 12.1. The van der Waals surface area contributed by atoms with Gasteiger partial charge in [0, 0.05) is 12.6 Å². The summed E-state index contributed by atoms with van der Waals surface area (Å²) in [6.07, 6.45) is 3.85. The molecule has 2 aromatic carbocycles. The van der Waals surface area contributed by atoms with Crippen LogP contribution in [0.1, 0.15) is 40.0 Å². The summed E-state index contributed by atoms with van der Waals surface area (Å²) in [6.45, 7) is 3.84. The number of nitrogens with zero attached hydrogens (tertiary/aromatic N) is 1. The number of ether oxygens (including phenoxy) is 2. The number of benzene rings is 2. The molecule has 2 aromatic rings. The Morgan fingerprint density at radius 2 is 1.86 bits per heavy atom. The number of carbonyl (C=O) groups excluding carboxylic acids is 2. The van der Waals surface area contributed by atoms with E-state index in [0.29, 0.717) is 34.9 Å². The van der Waals surface area contributed by atoms with Crippen molar-refractivity contribution < 1.29 is 19.1 Å². The summed E-state index contributed by atoms with van der Waals surface area (Å²) in [5.74, 6) is 0.557. The van der Waals surface area contributed by atoms with Crippen LogP contribution in [-0.2, 0) is 0 Å². The van der Waals surface area contributed by atoms with Gasteiger partial charge < -0.3 is 14.8 Å². The van der Waals surface area contributed by atoms with Gasteiger partial charge in [0.25, 0.3) is 11.8 Å². The summed E-state index contributed by atoms with van der Waals surface area (Å²) < 4.78 is 11.4. The Morgan fingerprint density at radius 3 is 2.66 bits per heavy atom. The predicted octanol–water partition coefficient (Wildman–Crippen LogP) is 3.19. The number of carbonyl (C=O) groups is 2. The average Bonchev–Trinajstić information content (AvgIpc) is 3.04. The lowest BCUT2D eigenvalue weighted by Crippen LogP contribution is -2.33. The molecule has 0 unspecified atom stereocenters. The standard InChI is InChI=1S/C22H25N3O4/c1-28-19-14-15(29-13-12-25-10-3-2-4-11-25)8-9-17(19)23-18-7-5-6-16-20(18)22(27)24-21(16)26/h5-9,14,23H,2-4,10-13H2,1H3,(H,24,26,27). The molecule has 1 fully saturated rings. The average molecular weight is 395 g/mol. The minimum Gasteiger partial charge on any atom is -0.494 e. The first-order valence-electron chi connectivity index (χ1n) is 9.94. The molecule has 29 heavy (non-hydrogen) atoms. The van der Waals surface area contributed by atoms with Gasteiger partial charge in [-0.05, 0) is 50.2 Å². The van der Waals surface area contributed by atoms with Gasteiger partial charge in [-0.2, -0.15) is 0 Å². The number of imide groups is 1. The van der Waals surface area contributed by atoms with Crippen molar-refractivity contribution in [2.45, 2.75) is 19.3 Å². The Labute approximate surface area is 170 Å². The highest BCUT2D eigenvalue weighted by Crippen LogP contribution is 2.34. The van der Waals surface area contributed by atoms with Crippen molar-refractivity contribution in [2.24, 2.45) is 0 Å². The molecular formula is C22H25N3O4. The van der Waals surface area contributed by atoms with Crippen molar-refractivity contribution in [3.8, 4) is 11.5 Å². The lowest BCUT2D eigenvalue weighted by Gasteiger charge is -2.26. The van der Waals surface area contributed by atoms with Crippen LogP contribution in [0.2, 0.25) is 0 Å². The van der Waals surface area contributed by atoms with Gasteiger partial charge in [0.15, 0.2) is 0 Å². The number of amides is 2. The fourth-order valence-corrected chi connectivity index (χ4v) is 3.81. The molecule has 2 aliphatic rings. The second-order valence-corrected chi connectivity index (χ2v) is 7.25. The largest absolute Gasteiger partial charge is 0.494 e. The second kappa shape index (κ2) is 8.53. The van der Waals surface area contributed by atoms with Crippen LogP contribution in [0.5, 0.6) is 11.5 Å². The summed E-state index contributed by atoms with van der Waals surface area (Å²) in [4.78, 5) is 26.4. The zero-order valence-electron chi connectivity index (χ0n) is 16.5. The van der Waals surface area contributed by atoms with E-state index >= 15 is 0 Å². The maximum Gasteiger partial charge on any atom is 0.261 e. The highest BCUT2D eigenvalue weighted by Gasteiger charge is 2.29. The van der Waals surface area contributed by atoms with Gasteiger partial charge in [-0.15, -0.1) is 0 Å². The van der Waals surface area contributed by atoms with Crippen LogP contribution < -0.4 is 20.1 Å². The van der Waals surface area contributed by atoms with Gasteiger partial charge in [0.1, 0.15) is 18.1 Å². The third-order valence-corrected chi connectivity index (χ3v) is 5.33. The second-order valence-electron chi connectivity index (χ2n) is 7.25. The van der Waals surface area contributed by atoms with E-state index in [1.165, 1.54) is 19.3 Å². The fourth-order valence-electron chi connectivity index (χ4n) is 3.81. The number of hydrogen-bond acceptors (Lipinski definition) is 6. The topological polar surface area (TPSA) is 79.9 Å². The lowest BCUT2D eigenvalue weighted by atomic mass is 10.1. The van der Waals surface area contributed by atoms with Gasteiger partial charge in [0.05, 0.1) is 29.6 Å². The molecule has 7 heteroatoms. The Morgan fingerprint density at radius 1 is 1.03 bits per heavy atom. The molecule has 0 radical (unpaired) electrons. The van der Waals surface area contributed by atoms with Crippen molar-refractivity contribution in [3.05, 3.63) is 47.5 Å². The smallest absolute Gasteiger partial charge is 0.261 e. The summed E-state index contributed by atoms with van der Waals surface area (Å²) in [5, 5.41) is 5.53. The van der Waals surface area contributed by atoms with Crippen molar-refractivity contribution in [2.75, 3.05) is 38.7 Å². The van der Waals surface area contributed by atoms with Gasteiger partial charge in [0.2, 0.25) is 0 Å². The van der Waals surface area contributed by atoms with Crippen molar-refractivity contribution in [3.63, 3.8) is 0 Å². The van der Waals surface area contributed by atoms with E-state index in [1.54, 1.807) is 25.3 Å². The molecule has 4 rings (SSSR count). The normalized spacial score (nSPS) is 16.3. The molecule has 1 saturated heterocycles. The summed E-state index contributed by atoms with van der Waals surface area (Å²) in [6, 6.07) is 10.7. The third-order valence-electron chi connectivity index (χ3n) is 5.33. The van der Waals surface area contributed by atoms with E-state index in [-0.39, 0.29) is 5.91 Å². The van der Waals surface area contributed by atoms with Crippen LogP contribution in [0.4, 0.5) is 11.4 Å². The third kappa shape index (κ3) is 4.19. The van der Waals surface area contributed by atoms with Crippen LogP contribution >= 0.6 is 0 Å². The first-order chi connectivity index (χ1) is 14.2. The first-order valence-corrected chi connectivity index (χ1v) is 9.94. The molecule has 0 atom stereocenters. The van der Waals surface area contributed by atoms with Crippen LogP contribution in [0.3, 0.4) is 0 Å². The van der Waals surface area contributed by atoms with Gasteiger partial charge in [-0.25, -0.2) is 0 Å². The highest BCUT2D eigenvalue weighted by molar-refractivity contribution is 6.24. The van der Waals surface area contributed by atoms with Gasteiger partial charge in [-0.3, -0.25) is 19.8 Å². The van der Waals surface area contributed by atoms with Crippen molar-refractivity contribution in [1.82, 2.24) is 10.2 Å². The van der Waals surface area contributed by atoms with Crippen LogP contribution in [0, 0.1) is 0 Å². The number of piperidine rings is 1. The van der Waals surface area contributed by atoms with Crippen molar-refractivity contribution in [1.29, 1.82) is 0 Å². The Balaban J connectivity index is 1.45. The molecule has 0 aromatic heterocycles.